The van der Waals surface area contributed by atoms with Crippen molar-refractivity contribution in [3.8, 4) is 0 Å². The van der Waals surface area contributed by atoms with E-state index in [1.165, 1.54) is 16.2 Å². The minimum Gasteiger partial charge on any atom is -0.391 e. The van der Waals surface area contributed by atoms with Crippen LogP contribution in [0.4, 0.5) is 0 Å². The zero-order valence-electron chi connectivity index (χ0n) is 18.4. The van der Waals surface area contributed by atoms with Crippen LogP contribution in [-0.2, 0) is 22.7 Å². The predicted octanol–water partition coefficient (Wildman–Crippen LogP) is 1.62. The number of aliphatic hydroxyl groups excluding tert-OH is 1. The number of aromatic nitrogens is 1. The second-order valence-corrected chi connectivity index (χ2v) is 10.3. The molecule has 0 spiro atoms. The quantitative estimate of drug-likeness (QED) is 0.568. The van der Waals surface area contributed by atoms with Gasteiger partial charge in [-0.05, 0) is 17.7 Å². The zero-order valence-corrected chi connectivity index (χ0v) is 20.7. The van der Waals surface area contributed by atoms with Crippen LogP contribution in [0.15, 0.2) is 24.4 Å². The van der Waals surface area contributed by atoms with Crippen LogP contribution in [-0.4, -0.2) is 87.9 Å². The van der Waals surface area contributed by atoms with Crippen molar-refractivity contribution in [3.63, 3.8) is 0 Å². The summed E-state index contributed by atoms with van der Waals surface area (Å²) in [4.78, 5) is 47.0. The maximum Gasteiger partial charge on any atom is 0.263 e. The normalized spacial score (nSPS) is 19.0. The number of nitrogens with one attached hydrogen (secondary N) is 1. The number of likely N-dealkylation sites (tertiary alicyclic amines) is 1. The molecule has 0 radical (unpaired) electrons. The number of β-amino-alcohol motifs (C(OH)–C–C–N with tert-alkyl or cyclic N) is 1. The van der Waals surface area contributed by atoms with Gasteiger partial charge in [-0.1, -0.05) is 29.3 Å². The van der Waals surface area contributed by atoms with E-state index in [0.29, 0.717) is 54.2 Å². The Morgan fingerprint density at radius 1 is 1.21 bits per heavy atom. The van der Waals surface area contributed by atoms with Crippen LogP contribution in [0.25, 0.3) is 0 Å². The van der Waals surface area contributed by atoms with E-state index >= 15 is 0 Å². The number of nitrogens with zero attached hydrogens (tertiary/aromatic N) is 4. The van der Waals surface area contributed by atoms with Gasteiger partial charge >= 0.3 is 0 Å². The van der Waals surface area contributed by atoms with Crippen LogP contribution in [0.2, 0.25) is 10.0 Å². The first-order valence-corrected chi connectivity index (χ1v) is 12.5. The molecule has 0 saturated carbocycles. The van der Waals surface area contributed by atoms with Crippen LogP contribution in [0.1, 0.15) is 26.7 Å². The number of carbonyl (C=O) groups excluding carboxylic acids is 3. The molecule has 12 heteroatoms. The molecule has 2 fully saturated rings. The standard InChI is InChI=1S/C22H25Cl2N5O4S/c23-15-2-1-14(17(24)7-15)9-26-22(33)18-10-25-19(34-18)12-27-3-5-28(6-4-27)21(32)13-29-11-16(30)8-20(29)31/h1-2,7,10,16,30H,3-6,8-9,11-13H2,(H,26,33)/t16-/m0/s1. The van der Waals surface area contributed by atoms with E-state index in [2.05, 4.69) is 15.2 Å². The van der Waals surface area contributed by atoms with Gasteiger partial charge in [0.05, 0.1) is 31.8 Å². The van der Waals surface area contributed by atoms with Crippen LogP contribution >= 0.6 is 34.5 Å². The van der Waals surface area contributed by atoms with Crippen LogP contribution in [0.5, 0.6) is 0 Å². The molecule has 9 nitrogen and oxygen atoms in total. The first-order valence-electron chi connectivity index (χ1n) is 10.9. The van der Waals surface area contributed by atoms with Gasteiger partial charge in [0.15, 0.2) is 0 Å². The van der Waals surface area contributed by atoms with Crippen molar-refractivity contribution in [1.29, 1.82) is 0 Å². The molecule has 1 aromatic heterocycles. The fraction of sp³-hybridized carbons (Fsp3) is 0.455. The Morgan fingerprint density at radius 2 is 1.97 bits per heavy atom. The van der Waals surface area contributed by atoms with Crippen LogP contribution in [0.3, 0.4) is 0 Å². The van der Waals surface area contributed by atoms with Gasteiger partial charge in [-0.3, -0.25) is 19.3 Å². The highest BCUT2D eigenvalue weighted by atomic mass is 35.5. The summed E-state index contributed by atoms with van der Waals surface area (Å²) in [6, 6.07) is 5.14. The number of rotatable bonds is 7. The van der Waals surface area contributed by atoms with Crippen molar-refractivity contribution in [2.24, 2.45) is 0 Å². The molecule has 2 aromatic rings. The molecule has 182 valence electrons. The number of aliphatic hydroxyl groups is 1. The second kappa shape index (κ2) is 11.0. The molecule has 2 N–H and O–H groups in total. The smallest absolute Gasteiger partial charge is 0.263 e. The monoisotopic (exact) mass is 525 g/mol. The lowest BCUT2D eigenvalue weighted by atomic mass is 10.2. The maximum atomic E-state index is 12.5. The Balaban J connectivity index is 1.22. The molecule has 3 amide bonds. The topological polar surface area (TPSA) is 106 Å². The number of piperazine rings is 1. The van der Waals surface area contributed by atoms with Crippen molar-refractivity contribution < 1.29 is 19.5 Å². The van der Waals surface area contributed by atoms with E-state index in [4.69, 9.17) is 23.2 Å². The number of thiazole rings is 1. The van der Waals surface area contributed by atoms with Gasteiger partial charge in [-0.2, -0.15) is 0 Å². The summed E-state index contributed by atoms with van der Waals surface area (Å²) < 4.78 is 0. The molecule has 0 bridgehead atoms. The summed E-state index contributed by atoms with van der Waals surface area (Å²) in [6.45, 7) is 3.60. The Hall–Kier alpha value is -2.24. The van der Waals surface area contributed by atoms with E-state index in [0.717, 1.165) is 10.6 Å². The Morgan fingerprint density at radius 3 is 2.65 bits per heavy atom. The fourth-order valence-corrected chi connectivity index (χ4v) is 5.28. The first-order chi connectivity index (χ1) is 16.3. The van der Waals surface area contributed by atoms with Crippen LogP contribution < -0.4 is 5.32 Å². The number of amides is 3. The lowest BCUT2D eigenvalue weighted by Gasteiger charge is -2.35. The van der Waals surface area contributed by atoms with E-state index in [1.807, 2.05) is 0 Å². The number of hydrogen-bond donors (Lipinski definition) is 2. The van der Waals surface area contributed by atoms with Gasteiger partial charge in [-0.15, -0.1) is 11.3 Å². The first kappa shape index (κ1) is 24.9. The fourth-order valence-electron chi connectivity index (χ4n) is 3.93. The van der Waals surface area contributed by atoms with E-state index in [1.54, 1.807) is 29.3 Å². The molecular formula is C22H25Cl2N5O4S. The van der Waals surface area contributed by atoms with Gasteiger partial charge in [0.2, 0.25) is 11.8 Å². The Kier molecular flexibility index (Phi) is 8.05. The average Bonchev–Trinajstić information content (AvgIpc) is 3.39. The lowest BCUT2D eigenvalue weighted by molar-refractivity contribution is -0.139. The molecule has 3 heterocycles. The third kappa shape index (κ3) is 6.25. The highest BCUT2D eigenvalue weighted by Crippen LogP contribution is 2.21. The summed E-state index contributed by atoms with van der Waals surface area (Å²) in [5.74, 6) is -0.498. The van der Waals surface area contributed by atoms with Gasteiger partial charge in [0.1, 0.15) is 9.88 Å². The molecule has 4 rings (SSSR count). The van der Waals surface area contributed by atoms with E-state index in [-0.39, 0.29) is 37.2 Å². The highest BCUT2D eigenvalue weighted by molar-refractivity contribution is 7.13. The molecular weight excluding hydrogens is 501 g/mol. The van der Waals surface area contributed by atoms with E-state index < -0.39 is 6.10 Å². The molecule has 1 aromatic carbocycles. The van der Waals surface area contributed by atoms with Crippen molar-refractivity contribution in [2.45, 2.75) is 25.6 Å². The number of halogens is 2. The van der Waals surface area contributed by atoms with Crippen molar-refractivity contribution in [1.82, 2.24) is 25.0 Å². The van der Waals surface area contributed by atoms with Gasteiger partial charge in [-0.25, -0.2) is 4.98 Å². The maximum absolute atomic E-state index is 12.5. The molecule has 34 heavy (non-hydrogen) atoms. The second-order valence-electron chi connectivity index (χ2n) is 8.33. The number of benzene rings is 1. The predicted molar refractivity (Wildman–Crippen MR) is 129 cm³/mol. The van der Waals surface area contributed by atoms with Crippen molar-refractivity contribution >= 4 is 52.3 Å². The molecule has 1 atom stereocenters. The minimum absolute atomic E-state index is 0.0160. The summed E-state index contributed by atoms with van der Waals surface area (Å²) in [5.41, 5.74) is 0.779. The third-order valence-corrected chi connectivity index (χ3v) is 7.40. The Bertz CT molecular complexity index is 1070. The summed E-state index contributed by atoms with van der Waals surface area (Å²) in [5, 5.41) is 14.3. The van der Waals surface area contributed by atoms with Gasteiger partial charge in [0.25, 0.3) is 5.91 Å². The largest absolute Gasteiger partial charge is 0.391 e. The lowest BCUT2D eigenvalue weighted by Crippen LogP contribution is -2.51. The van der Waals surface area contributed by atoms with E-state index in [9.17, 15) is 19.5 Å². The SMILES string of the molecule is O=C(NCc1ccc(Cl)cc1Cl)c1cnc(CN2CCN(C(=O)CN3C[C@@H](O)CC3=O)CC2)s1. The van der Waals surface area contributed by atoms with Crippen molar-refractivity contribution in [3.05, 3.63) is 49.9 Å². The zero-order chi connectivity index (χ0) is 24.2. The minimum atomic E-state index is -0.683. The highest BCUT2D eigenvalue weighted by Gasteiger charge is 2.31. The molecule has 0 aliphatic carbocycles. The van der Waals surface area contributed by atoms with Crippen LogP contribution in [0, 0.1) is 0 Å². The third-order valence-electron chi connectivity index (χ3n) is 5.84. The number of hydrogen-bond acceptors (Lipinski definition) is 7. The average molecular weight is 526 g/mol. The summed E-state index contributed by atoms with van der Waals surface area (Å²) in [7, 11) is 0. The number of carbonyl (C=O) groups is 3. The van der Waals surface area contributed by atoms with Gasteiger partial charge in [0, 0.05) is 49.3 Å². The van der Waals surface area contributed by atoms with Gasteiger partial charge < -0.3 is 20.2 Å². The summed E-state index contributed by atoms with van der Waals surface area (Å²) in [6.07, 6.45) is 0.974. The molecule has 2 aliphatic rings. The van der Waals surface area contributed by atoms with Crippen molar-refractivity contribution in [2.75, 3.05) is 39.3 Å². The molecule has 0 unspecified atom stereocenters. The Labute approximate surface area is 211 Å². The summed E-state index contributed by atoms with van der Waals surface area (Å²) >= 11 is 13.4. The molecule has 2 saturated heterocycles. The molecule has 2 aliphatic heterocycles.